The van der Waals surface area contributed by atoms with Gasteiger partial charge >= 0.3 is 5.97 Å². The molecule has 0 fully saturated rings. The molecule has 30 heavy (non-hydrogen) atoms. The van der Waals surface area contributed by atoms with Crippen LogP contribution in [0, 0.1) is 0 Å². The maximum absolute atomic E-state index is 13.4. The molecule has 0 aromatic carbocycles. The number of thiazole rings is 1. The van der Waals surface area contributed by atoms with E-state index in [1.807, 2.05) is 48.6 Å². The summed E-state index contributed by atoms with van der Waals surface area (Å²) in [6, 6.07) is 6.93. The van der Waals surface area contributed by atoms with Crippen molar-refractivity contribution < 1.29 is 13.9 Å². The zero-order chi connectivity index (χ0) is 21.4. The molecule has 4 heterocycles. The summed E-state index contributed by atoms with van der Waals surface area (Å²) in [6.07, 6.45) is 1.71. The highest BCUT2D eigenvalue weighted by Crippen LogP contribution is 2.33. The van der Waals surface area contributed by atoms with Crippen LogP contribution < -0.4 is 19.8 Å². The van der Waals surface area contributed by atoms with Crippen LogP contribution in [0.25, 0.3) is 6.08 Å². The van der Waals surface area contributed by atoms with E-state index < -0.39 is 12.0 Å². The third-order valence-corrected chi connectivity index (χ3v) is 6.56. The van der Waals surface area contributed by atoms with E-state index in [0.29, 0.717) is 32.2 Å². The van der Waals surface area contributed by atoms with Crippen LogP contribution in [-0.2, 0) is 9.53 Å². The number of hydrogen-bond donors (Lipinski definition) is 0. The van der Waals surface area contributed by atoms with E-state index in [4.69, 9.17) is 9.15 Å². The summed E-state index contributed by atoms with van der Waals surface area (Å²) < 4.78 is 13.1. The molecule has 0 saturated carbocycles. The van der Waals surface area contributed by atoms with Crippen LogP contribution in [0.5, 0.6) is 0 Å². The van der Waals surface area contributed by atoms with Crippen molar-refractivity contribution in [2.24, 2.45) is 4.99 Å². The fourth-order valence-corrected chi connectivity index (χ4v) is 5.15. The van der Waals surface area contributed by atoms with Crippen LogP contribution >= 0.6 is 22.7 Å². The monoisotopic (exact) mass is 443 g/mol. The standard InChI is InChI=1S/C21H21N3O4S2/c1-5-27-20(26)17-12(2)22-21-24(18(17)14-7-6-10-29-14)19(25)15(30-21)11-13-8-9-16(28-13)23(3)4/h6-11,18H,5H2,1-4H3/b15-11-. The fourth-order valence-electron chi connectivity index (χ4n) is 3.30. The lowest BCUT2D eigenvalue weighted by Gasteiger charge is -2.23. The molecule has 0 amide bonds. The Morgan fingerprint density at radius 3 is 2.80 bits per heavy atom. The fraction of sp³-hybridized carbons (Fsp3) is 0.286. The average molecular weight is 444 g/mol. The van der Waals surface area contributed by atoms with E-state index in [1.54, 1.807) is 24.5 Å². The maximum atomic E-state index is 13.4. The number of nitrogens with zero attached hydrogens (tertiary/aromatic N) is 3. The van der Waals surface area contributed by atoms with Gasteiger partial charge in [0.25, 0.3) is 5.56 Å². The molecule has 3 aromatic heterocycles. The molecule has 3 aromatic rings. The summed E-state index contributed by atoms with van der Waals surface area (Å²) in [7, 11) is 3.77. The summed E-state index contributed by atoms with van der Waals surface area (Å²) >= 11 is 2.77. The lowest BCUT2D eigenvalue weighted by Crippen LogP contribution is -2.39. The number of hydrogen-bond acceptors (Lipinski definition) is 8. The van der Waals surface area contributed by atoms with Gasteiger partial charge in [-0.1, -0.05) is 17.4 Å². The van der Waals surface area contributed by atoms with E-state index in [2.05, 4.69) is 4.99 Å². The zero-order valence-electron chi connectivity index (χ0n) is 17.0. The number of carbonyl (C=O) groups excluding carboxylic acids is 1. The Balaban J connectivity index is 1.90. The topological polar surface area (TPSA) is 77.0 Å². The van der Waals surface area contributed by atoms with E-state index in [1.165, 1.54) is 22.7 Å². The van der Waals surface area contributed by atoms with Crippen molar-refractivity contribution in [3.63, 3.8) is 0 Å². The SMILES string of the molecule is CCOC(=O)C1=C(C)N=c2s/c(=C\c3ccc(N(C)C)o3)c(=O)n2C1c1cccs1. The molecule has 7 nitrogen and oxygen atoms in total. The van der Waals surface area contributed by atoms with Crippen LogP contribution in [-0.4, -0.2) is 31.2 Å². The third kappa shape index (κ3) is 3.54. The number of fused-ring (bicyclic) bond motifs is 1. The first-order valence-electron chi connectivity index (χ1n) is 9.41. The Hall–Kier alpha value is -2.91. The Labute approximate surface area is 180 Å². The van der Waals surface area contributed by atoms with Gasteiger partial charge in [-0.25, -0.2) is 9.79 Å². The first-order chi connectivity index (χ1) is 14.4. The minimum atomic E-state index is -0.559. The highest BCUT2D eigenvalue weighted by atomic mass is 32.1. The van der Waals surface area contributed by atoms with E-state index in [-0.39, 0.29) is 12.2 Å². The van der Waals surface area contributed by atoms with Gasteiger partial charge in [0, 0.05) is 31.1 Å². The number of rotatable bonds is 5. The van der Waals surface area contributed by atoms with Crippen molar-refractivity contribution in [1.82, 2.24) is 4.57 Å². The number of allylic oxidation sites excluding steroid dienone is 1. The van der Waals surface area contributed by atoms with Gasteiger partial charge in [-0.2, -0.15) is 0 Å². The minimum absolute atomic E-state index is 0.214. The van der Waals surface area contributed by atoms with Crippen LogP contribution in [0.2, 0.25) is 0 Å². The van der Waals surface area contributed by atoms with Gasteiger partial charge in [0.15, 0.2) is 10.7 Å². The Kier molecular flexibility index (Phi) is 5.48. The number of ether oxygens (including phenoxy) is 1. The van der Waals surface area contributed by atoms with E-state index in [9.17, 15) is 9.59 Å². The van der Waals surface area contributed by atoms with Crippen molar-refractivity contribution in [2.75, 3.05) is 25.6 Å². The smallest absolute Gasteiger partial charge is 0.338 e. The second kappa shape index (κ2) is 8.08. The van der Waals surface area contributed by atoms with Crippen molar-refractivity contribution in [1.29, 1.82) is 0 Å². The summed E-state index contributed by atoms with van der Waals surface area (Å²) in [5.41, 5.74) is 0.743. The number of anilines is 1. The third-order valence-electron chi connectivity index (χ3n) is 4.66. The molecule has 4 rings (SSSR count). The lowest BCUT2D eigenvalue weighted by molar-refractivity contribution is -0.139. The number of carbonyl (C=O) groups is 1. The Morgan fingerprint density at radius 2 is 2.17 bits per heavy atom. The van der Waals surface area contributed by atoms with Crippen molar-refractivity contribution in [3.8, 4) is 0 Å². The van der Waals surface area contributed by atoms with Gasteiger partial charge in [0.1, 0.15) is 11.8 Å². The van der Waals surface area contributed by atoms with Crippen molar-refractivity contribution >= 4 is 40.6 Å². The predicted octanol–water partition coefficient (Wildman–Crippen LogP) is 2.52. The van der Waals surface area contributed by atoms with E-state index >= 15 is 0 Å². The van der Waals surface area contributed by atoms with Crippen LogP contribution in [0.1, 0.15) is 30.5 Å². The predicted molar refractivity (Wildman–Crippen MR) is 118 cm³/mol. The highest BCUT2D eigenvalue weighted by molar-refractivity contribution is 7.10. The first kappa shape index (κ1) is 20.4. The molecule has 0 spiro atoms. The summed E-state index contributed by atoms with van der Waals surface area (Å²) in [5, 5.41) is 1.93. The molecule has 1 aliphatic heterocycles. The summed E-state index contributed by atoms with van der Waals surface area (Å²) in [4.78, 5) is 33.9. The normalized spacial score (nSPS) is 16.4. The van der Waals surface area contributed by atoms with Crippen LogP contribution in [0.4, 0.5) is 5.88 Å². The van der Waals surface area contributed by atoms with Gasteiger partial charge in [-0.15, -0.1) is 11.3 Å². The van der Waals surface area contributed by atoms with Gasteiger partial charge in [-0.05, 0) is 31.4 Å². The van der Waals surface area contributed by atoms with Crippen molar-refractivity contribution in [3.05, 3.63) is 71.2 Å². The minimum Gasteiger partial charge on any atom is -0.463 e. The molecule has 0 aliphatic carbocycles. The molecular formula is C21H21N3O4S2. The molecule has 1 atom stereocenters. The maximum Gasteiger partial charge on any atom is 0.338 e. The molecule has 1 aliphatic rings. The zero-order valence-corrected chi connectivity index (χ0v) is 18.7. The molecule has 0 N–H and O–H groups in total. The molecule has 9 heteroatoms. The number of esters is 1. The van der Waals surface area contributed by atoms with Gasteiger partial charge < -0.3 is 14.1 Å². The molecule has 156 valence electrons. The molecule has 0 saturated heterocycles. The second-order valence-electron chi connectivity index (χ2n) is 6.89. The number of furan rings is 1. The second-order valence-corrected chi connectivity index (χ2v) is 8.88. The van der Waals surface area contributed by atoms with Gasteiger partial charge in [-0.3, -0.25) is 9.36 Å². The number of thiophene rings is 1. The average Bonchev–Trinajstić information content (AvgIpc) is 3.43. The molecule has 0 radical (unpaired) electrons. The summed E-state index contributed by atoms with van der Waals surface area (Å²) in [6.45, 7) is 3.79. The van der Waals surface area contributed by atoms with Crippen LogP contribution in [0.3, 0.4) is 0 Å². The molecule has 0 bridgehead atoms. The van der Waals surface area contributed by atoms with E-state index in [0.717, 1.165) is 4.88 Å². The quantitative estimate of drug-likeness (QED) is 0.567. The molecular weight excluding hydrogens is 422 g/mol. The summed E-state index contributed by atoms with van der Waals surface area (Å²) in [5.74, 6) is 0.831. The van der Waals surface area contributed by atoms with Gasteiger partial charge in [0.05, 0.1) is 22.4 Å². The molecule has 1 unspecified atom stereocenters. The van der Waals surface area contributed by atoms with Gasteiger partial charge in [0.2, 0.25) is 0 Å². The first-order valence-corrected chi connectivity index (χ1v) is 11.1. The Morgan fingerprint density at radius 1 is 1.37 bits per heavy atom. The van der Waals surface area contributed by atoms with Crippen LogP contribution in [0.15, 0.2) is 55.1 Å². The lowest BCUT2D eigenvalue weighted by atomic mass is 10.0. The Bertz CT molecular complexity index is 1290. The van der Waals surface area contributed by atoms with Crippen molar-refractivity contribution in [2.45, 2.75) is 19.9 Å². The number of aromatic nitrogens is 1. The largest absolute Gasteiger partial charge is 0.463 e. The highest BCUT2D eigenvalue weighted by Gasteiger charge is 2.33.